The molecular formula is C74H105N17O23S. The Morgan fingerprint density at radius 1 is 0.487 bits per heavy atom. The van der Waals surface area contributed by atoms with Gasteiger partial charge in [-0.15, -0.1) is 0 Å². The number of benzene rings is 2. The summed E-state index contributed by atoms with van der Waals surface area (Å²) in [5.41, 5.74) is 7.43. The fourth-order valence-corrected chi connectivity index (χ4v) is 14.3. The summed E-state index contributed by atoms with van der Waals surface area (Å²) in [6, 6.07) is -8.48. The Hall–Kier alpha value is -11.0. The van der Waals surface area contributed by atoms with E-state index in [9.17, 15) is 107 Å². The summed E-state index contributed by atoms with van der Waals surface area (Å²) >= 11 is 4.25. The highest BCUT2D eigenvalue weighted by Crippen LogP contribution is 2.30. The van der Waals surface area contributed by atoms with E-state index < -0.39 is 229 Å². The first-order valence-corrected chi connectivity index (χ1v) is 38.6. The maximum Gasteiger partial charge on any atom is 0.326 e. The number of nitrogens with two attached hydrogens (primary N) is 1. The molecule has 16 atom stereocenters. The summed E-state index contributed by atoms with van der Waals surface area (Å²) < 4.78 is 0. The number of nitrogens with zero attached hydrogens (tertiary/aromatic N) is 5. The highest BCUT2D eigenvalue weighted by atomic mass is 32.1. The van der Waals surface area contributed by atoms with Crippen LogP contribution in [0.4, 0.5) is 0 Å². The lowest BCUT2D eigenvalue weighted by Crippen LogP contribution is -2.62. The molecule has 14 amide bonds. The van der Waals surface area contributed by atoms with Crippen molar-refractivity contribution in [2.75, 3.05) is 45.1 Å². The number of aromatic hydroxyl groups is 2. The van der Waals surface area contributed by atoms with Gasteiger partial charge in [0.05, 0.1) is 44.1 Å². The van der Waals surface area contributed by atoms with Gasteiger partial charge in [0, 0.05) is 56.7 Å². The third-order valence-corrected chi connectivity index (χ3v) is 20.7. The molecular weight excluding hydrogens is 1530 g/mol. The van der Waals surface area contributed by atoms with Crippen LogP contribution in [0.3, 0.4) is 0 Å². The minimum absolute atomic E-state index is 0.00905. The van der Waals surface area contributed by atoms with Crippen LogP contribution in [0.5, 0.6) is 11.5 Å². The number of hydrogen-bond donors (Lipinski definition) is 20. The zero-order valence-corrected chi connectivity index (χ0v) is 65.4. The molecule has 4 aliphatic heterocycles. The van der Waals surface area contributed by atoms with Crippen LogP contribution in [0, 0.1) is 11.8 Å². The molecule has 0 saturated carbocycles. The van der Waals surface area contributed by atoms with Crippen LogP contribution in [0.15, 0.2) is 61.1 Å². The highest BCUT2D eigenvalue weighted by molar-refractivity contribution is 7.80. The summed E-state index contributed by atoms with van der Waals surface area (Å²) in [6.07, 6.45) is -0.422. The van der Waals surface area contributed by atoms with E-state index in [1.165, 1.54) is 63.6 Å². The normalized spacial score (nSPS) is 19.8. The fraction of sp³-hybridized carbons (Fsp3) is 0.581. The van der Waals surface area contributed by atoms with Gasteiger partial charge < -0.3 is 119 Å². The topological polar surface area (TPSA) is 603 Å². The van der Waals surface area contributed by atoms with Crippen LogP contribution in [0.2, 0.25) is 0 Å². The number of carbonyl (C=O) groups is 16. The molecule has 630 valence electrons. The first kappa shape index (κ1) is 91.1. The van der Waals surface area contributed by atoms with Crippen LogP contribution >= 0.6 is 12.6 Å². The van der Waals surface area contributed by atoms with Crippen molar-refractivity contribution < 1.29 is 112 Å². The van der Waals surface area contributed by atoms with Gasteiger partial charge in [0.2, 0.25) is 82.7 Å². The molecule has 115 heavy (non-hydrogen) atoms. The Balaban J connectivity index is 0.961. The van der Waals surface area contributed by atoms with E-state index in [2.05, 4.69) is 70.4 Å². The van der Waals surface area contributed by atoms with Crippen molar-refractivity contribution in [2.45, 2.75) is 215 Å². The van der Waals surface area contributed by atoms with Gasteiger partial charge in [-0.3, -0.25) is 71.9 Å². The predicted octanol–water partition coefficient (Wildman–Crippen LogP) is -5.83. The monoisotopic (exact) mass is 1630 g/mol. The lowest BCUT2D eigenvalue weighted by molar-refractivity contribution is -0.151. The zero-order valence-electron chi connectivity index (χ0n) is 64.5. The number of amides is 14. The zero-order chi connectivity index (χ0) is 84.8. The number of aromatic nitrogens is 2. The van der Waals surface area contributed by atoms with Crippen LogP contribution in [0.1, 0.15) is 116 Å². The number of hydrogen-bond acceptors (Lipinski definition) is 24. The molecule has 40 nitrogen and oxygen atoms in total. The summed E-state index contributed by atoms with van der Waals surface area (Å²) in [5, 5.41) is 94.4. The van der Waals surface area contributed by atoms with E-state index in [-0.39, 0.29) is 94.7 Å². The molecule has 4 fully saturated rings. The van der Waals surface area contributed by atoms with Crippen LogP contribution in [-0.2, 0) is 96.0 Å². The average molecular weight is 1630 g/mol. The van der Waals surface area contributed by atoms with Gasteiger partial charge in [0.15, 0.2) is 0 Å². The Bertz CT molecular complexity index is 3980. The van der Waals surface area contributed by atoms with Crippen molar-refractivity contribution in [3.05, 3.63) is 77.9 Å². The molecule has 20 N–H and O–H groups in total. The molecule has 4 aliphatic rings. The quantitative estimate of drug-likeness (QED) is 0.0237. The number of thiol groups is 1. The van der Waals surface area contributed by atoms with Crippen molar-refractivity contribution in [1.82, 2.24) is 82.7 Å². The molecule has 1 aromatic heterocycles. The van der Waals surface area contributed by atoms with E-state index in [0.717, 1.165) is 18.7 Å². The summed E-state index contributed by atoms with van der Waals surface area (Å²) in [4.78, 5) is 232. The minimum Gasteiger partial charge on any atom is -0.508 e. The van der Waals surface area contributed by atoms with Crippen LogP contribution in [0.25, 0.3) is 0 Å². The second-order valence-corrected chi connectivity index (χ2v) is 30.1. The van der Waals surface area contributed by atoms with Gasteiger partial charge >= 0.3 is 11.9 Å². The van der Waals surface area contributed by atoms with E-state index in [1.807, 2.05) is 5.32 Å². The lowest BCUT2D eigenvalue weighted by Gasteiger charge is -2.36. The SMILES string of the molecule is CC(C)[C@H](NC(=O)[C@@H]1CCCN1C(=O)[C@@H]1CCCN1C(=O)[C@@H]1CCCN1C(=O)[C@@H](NC(=O)[C@H](CO)NC(=O)[C@@H](N)Cc1ccc(O)cc1)C(C)C)C(=O)N[C@@H](Cc1ccc(O)cc1)C(=O)NCC(=O)N[C@@H](CS)C(=O)N[C@@H](Cc1cnc[nH]1)C(=O)N[C@H](C(=O)N1CCC[C@H]1C(=O)N[C@H](C(=O)N[C@@H](CC(=O)O)C(=O)O)[C@@H](C)O)[C@@H](C)O. The summed E-state index contributed by atoms with van der Waals surface area (Å²) in [7, 11) is 0. The number of nitrogens with one attached hydrogen (secondary N) is 11. The van der Waals surface area contributed by atoms with Gasteiger partial charge in [-0.2, -0.15) is 12.6 Å². The number of aliphatic carboxylic acids is 2. The fourth-order valence-electron chi connectivity index (χ4n) is 14.0. The molecule has 41 heteroatoms. The number of phenols is 2. The maximum absolute atomic E-state index is 14.8. The molecule has 0 spiro atoms. The van der Waals surface area contributed by atoms with E-state index >= 15 is 0 Å². The highest BCUT2D eigenvalue weighted by Gasteiger charge is 2.49. The third kappa shape index (κ3) is 25.0. The number of aromatic amines is 1. The van der Waals surface area contributed by atoms with Crippen molar-refractivity contribution in [3.63, 3.8) is 0 Å². The smallest absolute Gasteiger partial charge is 0.326 e. The van der Waals surface area contributed by atoms with Gasteiger partial charge in [-0.25, -0.2) is 9.78 Å². The number of likely N-dealkylation sites (tertiary alicyclic amines) is 4. The van der Waals surface area contributed by atoms with Gasteiger partial charge in [0.1, 0.15) is 90.0 Å². The van der Waals surface area contributed by atoms with Crippen LogP contribution in [-0.4, -0.2) is 302 Å². The number of H-pyrrole nitrogens is 1. The largest absolute Gasteiger partial charge is 0.508 e. The number of imidazole rings is 1. The van der Waals surface area contributed by atoms with Crippen LogP contribution < -0.4 is 58.9 Å². The average Bonchev–Trinajstić information content (AvgIpc) is 1.66. The second-order valence-electron chi connectivity index (χ2n) is 29.7. The molecule has 0 unspecified atom stereocenters. The summed E-state index contributed by atoms with van der Waals surface area (Å²) in [5.74, 6) is -17.2. The molecule has 0 aliphatic carbocycles. The number of carbonyl (C=O) groups excluding carboxylic acids is 14. The number of carboxylic acid groups (broad SMARTS) is 2. The second kappa shape index (κ2) is 42.4. The molecule has 4 saturated heterocycles. The Morgan fingerprint density at radius 3 is 1.42 bits per heavy atom. The number of aliphatic hydroxyl groups is 3. The maximum atomic E-state index is 14.8. The Labute approximate surface area is 667 Å². The number of phenolic OH excluding ortho intramolecular Hbond substituents is 2. The molecule has 0 bridgehead atoms. The molecule has 0 radical (unpaired) electrons. The van der Waals surface area contributed by atoms with Crippen molar-refractivity contribution in [1.29, 1.82) is 0 Å². The number of carboxylic acids is 2. The van der Waals surface area contributed by atoms with Crippen molar-refractivity contribution in [2.24, 2.45) is 17.6 Å². The predicted molar refractivity (Wildman–Crippen MR) is 407 cm³/mol. The number of rotatable bonds is 39. The Morgan fingerprint density at radius 2 is 0.913 bits per heavy atom. The Kier molecular flexibility index (Phi) is 33.6. The van der Waals surface area contributed by atoms with E-state index in [4.69, 9.17) is 10.8 Å². The molecule has 7 rings (SSSR count). The number of aliphatic hydroxyl groups excluding tert-OH is 3. The molecule has 3 aromatic rings. The summed E-state index contributed by atoms with van der Waals surface area (Å²) in [6.45, 7) is 7.39. The standard InChI is InChI=1S/C74H105N17O23S/c1-36(2)57(84-66(105)51-11-7-23-88(51)70(109)53-13-9-25-90(53)71(110)54-14-10-26-91(54)72(111)58(37(3)4)85-64(103)49(33-92)83-61(100)45(75)27-40-15-19-43(95)20-16-40)68(107)81-46(28-41-17-21-44(96)22-18-41)62(101)77-32-55(97)79-50(34-115)65(104)80-47(29-42-31-76-35-78-42)63(102)87-60(39(6)94)73(112)89-24-8-12-52(89)67(106)86-59(38(5)93)69(108)82-48(74(113)114)30-56(98)99/h15-22,31,35-39,45-54,57-60,92-96,115H,7-14,23-30,32-34,75H2,1-6H3,(H,76,78)(H,77,101)(H,79,97)(H,80,104)(H,81,107)(H,82,108)(H,83,100)(H,84,105)(H,85,103)(H,86,106)(H,87,102)(H,98,99)(H,113,114)/t38-,39-,45+,46+,47+,48+,49+,50+,51+,52+,53+,54+,57+,58+,59+,60+/m1/s1. The molecule has 5 heterocycles. The van der Waals surface area contributed by atoms with Crippen molar-refractivity contribution in [3.8, 4) is 11.5 Å². The van der Waals surface area contributed by atoms with E-state index in [1.54, 1.807) is 39.8 Å². The first-order chi connectivity index (χ1) is 54.4. The van der Waals surface area contributed by atoms with E-state index in [0.29, 0.717) is 30.4 Å². The minimum atomic E-state index is -1.95. The van der Waals surface area contributed by atoms with Gasteiger partial charge in [-0.1, -0.05) is 52.0 Å². The molecule has 2 aromatic carbocycles. The van der Waals surface area contributed by atoms with Gasteiger partial charge in [-0.05, 0) is 119 Å². The van der Waals surface area contributed by atoms with Gasteiger partial charge in [0.25, 0.3) is 0 Å². The lowest BCUT2D eigenvalue weighted by atomic mass is 10.00. The first-order valence-electron chi connectivity index (χ1n) is 38.0. The van der Waals surface area contributed by atoms with Crippen molar-refractivity contribution >= 4 is 107 Å². The third-order valence-electron chi connectivity index (χ3n) is 20.3.